The van der Waals surface area contributed by atoms with Crippen LogP contribution in [0.1, 0.15) is 19.8 Å². The second-order valence-electron chi connectivity index (χ2n) is 4.74. The third-order valence-corrected chi connectivity index (χ3v) is 2.55. The molecule has 0 aliphatic carbocycles. The van der Waals surface area contributed by atoms with Crippen LogP contribution in [0.2, 0.25) is 0 Å². The van der Waals surface area contributed by atoms with Gasteiger partial charge in [0.15, 0.2) is 0 Å². The van der Waals surface area contributed by atoms with Gasteiger partial charge < -0.3 is 24.4 Å². The van der Waals surface area contributed by atoms with Crippen molar-refractivity contribution in [2.24, 2.45) is 0 Å². The van der Waals surface area contributed by atoms with E-state index < -0.39 is 0 Å². The van der Waals surface area contributed by atoms with Gasteiger partial charge in [-0.1, -0.05) is 13.3 Å². The molecule has 0 bridgehead atoms. The van der Waals surface area contributed by atoms with E-state index in [1.54, 1.807) is 0 Å². The third-order valence-electron chi connectivity index (χ3n) is 2.55. The summed E-state index contributed by atoms with van der Waals surface area (Å²) in [4.78, 5) is 2.16. The van der Waals surface area contributed by atoms with E-state index in [1.807, 2.05) is 0 Å². The second kappa shape index (κ2) is 15.9. The lowest BCUT2D eigenvalue weighted by molar-refractivity contribution is 0.0146. The molecule has 0 rings (SSSR count). The Labute approximate surface area is 118 Å². The Hall–Kier alpha value is -0.200. The van der Waals surface area contributed by atoms with Crippen molar-refractivity contribution in [2.75, 3.05) is 73.4 Å². The minimum atomic E-state index is 0.648. The quantitative estimate of drug-likeness (QED) is 0.452. The first kappa shape index (κ1) is 18.8. The van der Waals surface area contributed by atoms with Crippen molar-refractivity contribution in [3.63, 3.8) is 0 Å². The molecule has 0 radical (unpaired) electrons. The van der Waals surface area contributed by atoms with Crippen molar-refractivity contribution in [2.45, 2.75) is 19.8 Å². The van der Waals surface area contributed by atoms with E-state index in [9.17, 15) is 0 Å². The molecule has 0 aromatic carbocycles. The molecule has 0 amide bonds. The average Bonchev–Trinajstić information content (AvgIpc) is 2.39. The molecule has 0 fully saturated rings. The van der Waals surface area contributed by atoms with Gasteiger partial charge in [0.1, 0.15) is 0 Å². The number of nitrogens with one attached hydrogen (secondary N) is 1. The van der Waals surface area contributed by atoms with Gasteiger partial charge in [-0.15, -0.1) is 0 Å². The lowest BCUT2D eigenvalue weighted by Crippen LogP contribution is -2.29. The molecule has 0 aromatic heterocycles. The summed E-state index contributed by atoms with van der Waals surface area (Å²) in [5.41, 5.74) is 0. The van der Waals surface area contributed by atoms with E-state index in [0.717, 1.165) is 39.3 Å². The fourth-order valence-electron chi connectivity index (χ4n) is 1.36. The number of nitrogens with zero attached hydrogens (tertiary/aromatic N) is 1. The first-order valence-electron chi connectivity index (χ1n) is 7.36. The van der Waals surface area contributed by atoms with Crippen LogP contribution in [0, 0.1) is 0 Å². The molecular formula is C14H32N2O3. The summed E-state index contributed by atoms with van der Waals surface area (Å²) in [6.07, 6.45) is 2.31. The molecule has 0 aliphatic rings. The summed E-state index contributed by atoms with van der Waals surface area (Å²) in [6.45, 7) is 9.35. The second-order valence-corrected chi connectivity index (χ2v) is 4.74. The van der Waals surface area contributed by atoms with Crippen molar-refractivity contribution < 1.29 is 14.2 Å². The molecule has 0 unspecified atom stereocenters. The van der Waals surface area contributed by atoms with Gasteiger partial charge in [-0.2, -0.15) is 0 Å². The van der Waals surface area contributed by atoms with Gasteiger partial charge in [0.05, 0.1) is 33.0 Å². The lowest BCUT2D eigenvalue weighted by Gasteiger charge is -2.10. The molecule has 0 aromatic rings. The number of rotatable bonds is 15. The first-order valence-corrected chi connectivity index (χ1v) is 7.36. The number of likely N-dealkylation sites (N-methyl/N-ethyl adjacent to an activating group) is 1. The van der Waals surface area contributed by atoms with Gasteiger partial charge in [-0.3, -0.25) is 0 Å². The fraction of sp³-hybridized carbons (Fsp3) is 1.00. The van der Waals surface area contributed by atoms with Gasteiger partial charge in [-0.25, -0.2) is 0 Å². The minimum Gasteiger partial charge on any atom is -0.379 e. The molecular weight excluding hydrogens is 244 g/mol. The van der Waals surface area contributed by atoms with E-state index in [0.29, 0.717) is 26.4 Å². The molecule has 0 atom stereocenters. The number of unbranched alkanes of at least 4 members (excludes halogenated alkanes) is 1. The van der Waals surface area contributed by atoms with Gasteiger partial charge in [0.25, 0.3) is 0 Å². The van der Waals surface area contributed by atoms with Crippen molar-refractivity contribution in [3.8, 4) is 0 Å². The molecule has 0 aliphatic heterocycles. The molecule has 1 N–H and O–H groups in total. The van der Waals surface area contributed by atoms with Crippen molar-refractivity contribution in [1.29, 1.82) is 0 Å². The summed E-state index contributed by atoms with van der Waals surface area (Å²) >= 11 is 0. The lowest BCUT2D eigenvalue weighted by atomic mass is 10.4. The summed E-state index contributed by atoms with van der Waals surface area (Å²) in [5.74, 6) is 0. The maximum atomic E-state index is 5.44. The monoisotopic (exact) mass is 276 g/mol. The molecule has 0 heterocycles. The van der Waals surface area contributed by atoms with E-state index in [4.69, 9.17) is 14.2 Å². The normalized spacial score (nSPS) is 11.4. The molecule has 19 heavy (non-hydrogen) atoms. The maximum Gasteiger partial charge on any atom is 0.0701 e. The smallest absolute Gasteiger partial charge is 0.0701 e. The van der Waals surface area contributed by atoms with E-state index >= 15 is 0 Å². The SMILES string of the molecule is CCCCOCCOCCOCCNCCN(C)C. The topological polar surface area (TPSA) is 43.0 Å². The van der Waals surface area contributed by atoms with Crippen LogP contribution in [0.4, 0.5) is 0 Å². The molecule has 0 saturated carbocycles. The predicted octanol–water partition coefficient (Wildman–Crippen LogP) is 0.988. The summed E-state index contributed by atoms with van der Waals surface area (Å²) in [7, 11) is 4.14. The highest BCUT2D eigenvalue weighted by Gasteiger charge is 1.92. The highest BCUT2D eigenvalue weighted by Crippen LogP contribution is 1.87. The maximum absolute atomic E-state index is 5.44. The van der Waals surface area contributed by atoms with E-state index in [-0.39, 0.29) is 0 Å². The zero-order chi connectivity index (χ0) is 14.2. The Morgan fingerprint density at radius 2 is 1.37 bits per heavy atom. The van der Waals surface area contributed by atoms with Crippen molar-refractivity contribution >= 4 is 0 Å². The number of hydrogen-bond acceptors (Lipinski definition) is 5. The highest BCUT2D eigenvalue weighted by molar-refractivity contribution is 4.49. The van der Waals surface area contributed by atoms with Crippen LogP contribution in [0.25, 0.3) is 0 Å². The Morgan fingerprint density at radius 1 is 0.789 bits per heavy atom. The van der Waals surface area contributed by atoms with Crippen molar-refractivity contribution in [3.05, 3.63) is 0 Å². The fourth-order valence-corrected chi connectivity index (χ4v) is 1.36. The molecule has 116 valence electrons. The van der Waals surface area contributed by atoms with Crippen LogP contribution in [-0.2, 0) is 14.2 Å². The molecule has 5 nitrogen and oxygen atoms in total. The summed E-state index contributed by atoms with van der Waals surface area (Å²) < 4.78 is 16.2. The molecule has 0 saturated heterocycles. The van der Waals surface area contributed by atoms with Gasteiger partial charge >= 0.3 is 0 Å². The summed E-state index contributed by atoms with van der Waals surface area (Å²) in [5, 5.41) is 3.32. The Morgan fingerprint density at radius 3 is 1.95 bits per heavy atom. The average molecular weight is 276 g/mol. The Kier molecular flexibility index (Phi) is 15.7. The van der Waals surface area contributed by atoms with Crippen LogP contribution < -0.4 is 5.32 Å². The first-order chi connectivity index (χ1) is 9.27. The summed E-state index contributed by atoms with van der Waals surface area (Å²) in [6, 6.07) is 0. The van der Waals surface area contributed by atoms with E-state index in [1.165, 1.54) is 6.42 Å². The predicted molar refractivity (Wildman–Crippen MR) is 78.8 cm³/mol. The van der Waals surface area contributed by atoms with Crippen molar-refractivity contribution in [1.82, 2.24) is 10.2 Å². The van der Waals surface area contributed by atoms with Crippen LogP contribution in [0.5, 0.6) is 0 Å². The molecule has 0 spiro atoms. The largest absolute Gasteiger partial charge is 0.379 e. The molecule has 5 heteroatoms. The highest BCUT2D eigenvalue weighted by atomic mass is 16.5. The standard InChI is InChI=1S/C14H32N2O3/c1-4-5-9-17-11-13-19-14-12-18-10-7-15-6-8-16(2)3/h15H,4-14H2,1-3H3. The Balaban J connectivity index is 2.91. The zero-order valence-corrected chi connectivity index (χ0v) is 13.0. The van der Waals surface area contributed by atoms with Gasteiger partial charge in [0.2, 0.25) is 0 Å². The van der Waals surface area contributed by atoms with Crippen LogP contribution >= 0.6 is 0 Å². The Bertz CT molecular complexity index is 169. The van der Waals surface area contributed by atoms with Crippen LogP contribution in [0.3, 0.4) is 0 Å². The van der Waals surface area contributed by atoms with Gasteiger partial charge in [-0.05, 0) is 20.5 Å². The van der Waals surface area contributed by atoms with Crippen LogP contribution in [0.15, 0.2) is 0 Å². The number of ether oxygens (including phenoxy) is 3. The number of hydrogen-bond donors (Lipinski definition) is 1. The minimum absolute atomic E-state index is 0.648. The van der Waals surface area contributed by atoms with Gasteiger partial charge in [0, 0.05) is 26.2 Å². The van der Waals surface area contributed by atoms with E-state index in [2.05, 4.69) is 31.2 Å². The zero-order valence-electron chi connectivity index (χ0n) is 13.0. The van der Waals surface area contributed by atoms with Crippen LogP contribution in [-0.4, -0.2) is 78.3 Å². The third kappa shape index (κ3) is 17.8.